The highest BCUT2D eigenvalue weighted by Gasteiger charge is 1.48. The average Bonchev–Trinajstić information content (AvgIpc) is 1.94. The lowest BCUT2D eigenvalue weighted by molar-refractivity contribution is 1.50. The summed E-state index contributed by atoms with van der Waals surface area (Å²) in [7, 11) is 0. The fourth-order valence-corrected chi connectivity index (χ4v) is 0.190. The first-order chi connectivity index (χ1) is 4.41. The third kappa shape index (κ3) is 19.4. The molecule has 0 bridgehead atoms. The standard InChI is InChI=1S/C7H8.C2H6/c1-3-5-7-6-4-2;1-2/h3-4,6H,1H2,2H3;1-2H3/b6-4-;. The van der Waals surface area contributed by atoms with Crippen LogP contribution in [0, 0.1) is 11.8 Å². The lowest BCUT2D eigenvalue weighted by atomic mass is 10.5. The molecule has 0 amide bonds. The number of allylic oxidation sites excluding steroid dienone is 3. The summed E-state index contributed by atoms with van der Waals surface area (Å²) in [5.41, 5.74) is 0. The van der Waals surface area contributed by atoms with Crippen molar-refractivity contribution in [2.24, 2.45) is 0 Å². The Hall–Kier alpha value is -0.960. The largest absolute Gasteiger partial charge is 0.0906 e. The fraction of sp³-hybridized carbons (Fsp3) is 0.333. The molecule has 0 aliphatic heterocycles. The van der Waals surface area contributed by atoms with Gasteiger partial charge < -0.3 is 0 Å². The summed E-state index contributed by atoms with van der Waals surface area (Å²) >= 11 is 0. The Morgan fingerprint density at radius 1 is 1.22 bits per heavy atom. The zero-order valence-electron chi connectivity index (χ0n) is 6.44. The van der Waals surface area contributed by atoms with Crippen molar-refractivity contribution < 1.29 is 0 Å². The van der Waals surface area contributed by atoms with E-state index in [0.29, 0.717) is 0 Å². The minimum atomic E-state index is 1.57. The molecule has 0 rings (SSSR count). The van der Waals surface area contributed by atoms with E-state index in [-0.39, 0.29) is 0 Å². The van der Waals surface area contributed by atoms with Crippen molar-refractivity contribution in [2.75, 3.05) is 0 Å². The maximum absolute atomic E-state index is 3.42. The van der Waals surface area contributed by atoms with E-state index in [1.54, 1.807) is 12.2 Å². The molecule has 0 saturated heterocycles. The number of hydrogen-bond donors (Lipinski definition) is 0. The molecule has 0 aliphatic carbocycles. The van der Waals surface area contributed by atoms with E-state index in [9.17, 15) is 0 Å². The quantitative estimate of drug-likeness (QED) is 0.433. The lowest BCUT2D eigenvalue weighted by Crippen LogP contribution is -1.44. The molecule has 0 saturated carbocycles. The number of hydrogen-bond acceptors (Lipinski definition) is 0. The summed E-state index contributed by atoms with van der Waals surface area (Å²) in [4.78, 5) is 0. The molecule has 50 valence electrons. The Morgan fingerprint density at radius 2 is 1.78 bits per heavy atom. The maximum Gasteiger partial charge on any atom is -0.0158 e. The molecule has 0 heterocycles. The monoisotopic (exact) mass is 122 g/mol. The van der Waals surface area contributed by atoms with Gasteiger partial charge in [0.15, 0.2) is 0 Å². The third-order valence-corrected chi connectivity index (χ3v) is 0.435. The fourth-order valence-electron chi connectivity index (χ4n) is 0.190. The van der Waals surface area contributed by atoms with Crippen molar-refractivity contribution >= 4 is 0 Å². The van der Waals surface area contributed by atoms with Crippen molar-refractivity contribution in [1.82, 2.24) is 0 Å². The highest BCUT2D eigenvalue weighted by molar-refractivity contribution is 5.21. The van der Waals surface area contributed by atoms with E-state index < -0.39 is 0 Å². The first kappa shape index (κ1) is 10.9. The van der Waals surface area contributed by atoms with Gasteiger partial charge in [-0.3, -0.25) is 0 Å². The van der Waals surface area contributed by atoms with Gasteiger partial charge in [0.2, 0.25) is 0 Å². The Morgan fingerprint density at radius 3 is 2.11 bits per heavy atom. The molecular weight excluding hydrogens is 108 g/mol. The van der Waals surface area contributed by atoms with E-state index in [0.717, 1.165) is 0 Å². The van der Waals surface area contributed by atoms with E-state index >= 15 is 0 Å². The molecule has 0 aromatic rings. The predicted octanol–water partition coefficient (Wildman–Crippen LogP) is 2.78. The predicted molar refractivity (Wildman–Crippen MR) is 44.1 cm³/mol. The van der Waals surface area contributed by atoms with Crippen molar-refractivity contribution in [3.8, 4) is 11.8 Å². The van der Waals surface area contributed by atoms with E-state index in [1.807, 2.05) is 26.8 Å². The molecule has 9 heavy (non-hydrogen) atoms. The van der Waals surface area contributed by atoms with Gasteiger partial charge in [-0.25, -0.2) is 0 Å². The van der Waals surface area contributed by atoms with E-state index in [2.05, 4.69) is 18.4 Å². The third-order valence-electron chi connectivity index (χ3n) is 0.435. The molecule has 0 aliphatic rings. The maximum atomic E-state index is 3.42. The topological polar surface area (TPSA) is 0 Å². The van der Waals surface area contributed by atoms with Gasteiger partial charge in [0.1, 0.15) is 0 Å². The van der Waals surface area contributed by atoms with Crippen molar-refractivity contribution in [3.05, 3.63) is 24.8 Å². The minimum Gasteiger partial charge on any atom is -0.0906 e. The second-order valence-electron chi connectivity index (χ2n) is 0.993. The van der Waals surface area contributed by atoms with Gasteiger partial charge in [0, 0.05) is 0 Å². The van der Waals surface area contributed by atoms with Crippen LogP contribution in [0.4, 0.5) is 0 Å². The van der Waals surface area contributed by atoms with Crippen LogP contribution in [0.15, 0.2) is 24.8 Å². The summed E-state index contributed by atoms with van der Waals surface area (Å²) in [6, 6.07) is 0. The van der Waals surface area contributed by atoms with Crippen LogP contribution >= 0.6 is 0 Å². The van der Waals surface area contributed by atoms with E-state index in [1.165, 1.54) is 0 Å². The normalized spacial score (nSPS) is 6.56. The Bertz CT molecular complexity index is 119. The molecular formula is C9H14. The Labute approximate surface area is 58.3 Å². The van der Waals surface area contributed by atoms with Gasteiger partial charge in [0.25, 0.3) is 0 Å². The molecule has 0 aromatic heterocycles. The first-order valence-electron chi connectivity index (χ1n) is 3.15. The van der Waals surface area contributed by atoms with Crippen molar-refractivity contribution in [1.29, 1.82) is 0 Å². The summed E-state index contributed by atoms with van der Waals surface area (Å²) in [6.45, 7) is 9.35. The van der Waals surface area contributed by atoms with Crippen LogP contribution in [-0.2, 0) is 0 Å². The zero-order valence-corrected chi connectivity index (χ0v) is 6.44. The van der Waals surface area contributed by atoms with Crippen molar-refractivity contribution in [3.63, 3.8) is 0 Å². The van der Waals surface area contributed by atoms with Gasteiger partial charge in [-0.15, -0.1) is 0 Å². The Kier molecular flexibility index (Phi) is 19.1. The van der Waals surface area contributed by atoms with Crippen LogP contribution in [0.25, 0.3) is 0 Å². The molecule has 0 nitrogen and oxygen atoms in total. The van der Waals surface area contributed by atoms with Gasteiger partial charge in [-0.05, 0) is 19.1 Å². The highest BCUT2D eigenvalue weighted by Crippen LogP contribution is 1.63. The molecule has 0 fully saturated rings. The van der Waals surface area contributed by atoms with Crippen LogP contribution in [0.1, 0.15) is 20.8 Å². The van der Waals surface area contributed by atoms with Gasteiger partial charge in [-0.2, -0.15) is 0 Å². The molecule has 0 aromatic carbocycles. The van der Waals surface area contributed by atoms with Crippen LogP contribution in [0.2, 0.25) is 0 Å². The van der Waals surface area contributed by atoms with Crippen LogP contribution in [-0.4, -0.2) is 0 Å². The molecule has 0 spiro atoms. The van der Waals surface area contributed by atoms with Crippen LogP contribution < -0.4 is 0 Å². The van der Waals surface area contributed by atoms with Gasteiger partial charge in [-0.1, -0.05) is 38.3 Å². The minimum absolute atomic E-state index is 1.57. The average molecular weight is 122 g/mol. The van der Waals surface area contributed by atoms with Gasteiger partial charge in [0.05, 0.1) is 0 Å². The molecule has 0 heteroatoms. The Balaban J connectivity index is 0. The molecule has 0 unspecified atom stereocenters. The van der Waals surface area contributed by atoms with Gasteiger partial charge >= 0.3 is 0 Å². The summed E-state index contributed by atoms with van der Waals surface area (Å²) < 4.78 is 0. The second kappa shape index (κ2) is 15.7. The van der Waals surface area contributed by atoms with Crippen molar-refractivity contribution in [2.45, 2.75) is 20.8 Å². The SMILES string of the molecule is C=CC#C/C=C\C.CC. The van der Waals surface area contributed by atoms with Crippen LogP contribution in [0.5, 0.6) is 0 Å². The molecule has 0 radical (unpaired) electrons. The summed E-state index contributed by atoms with van der Waals surface area (Å²) in [5, 5.41) is 0. The second-order valence-corrected chi connectivity index (χ2v) is 0.993. The molecule has 0 atom stereocenters. The zero-order chi connectivity index (χ0) is 7.54. The smallest absolute Gasteiger partial charge is 0.0158 e. The number of rotatable bonds is 0. The first-order valence-corrected chi connectivity index (χ1v) is 3.15. The van der Waals surface area contributed by atoms with Crippen LogP contribution in [0.3, 0.4) is 0 Å². The summed E-state index contributed by atoms with van der Waals surface area (Å²) in [5.74, 6) is 5.41. The van der Waals surface area contributed by atoms with E-state index in [4.69, 9.17) is 0 Å². The lowest BCUT2D eigenvalue weighted by Gasteiger charge is -1.58. The molecule has 0 N–H and O–H groups in total. The summed E-state index contributed by atoms with van der Waals surface area (Å²) in [6.07, 6.45) is 5.23. The highest BCUT2D eigenvalue weighted by atomic mass is 13.5.